The Labute approximate surface area is 128 Å². The Morgan fingerprint density at radius 3 is 2.55 bits per heavy atom. The molecule has 6 nitrogen and oxygen atoms in total. The number of carboxylic acids is 1. The molecule has 22 heavy (non-hydrogen) atoms. The van der Waals surface area contributed by atoms with E-state index < -0.39 is 11.9 Å². The van der Waals surface area contributed by atoms with Crippen molar-refractivity contribution in [3.63, 3.8) is 0 Å². The van der Waals surface area contributed by atoms with Gasteiger partial charge in [-0.3, -0.25) is 9.59 Å². The smallest absolute Gasteiger partial charge is 0.307 e. The third-order valence-corrected chi connectivity index (χ3v) is 3.09. The van der Waals surface area contributed by atoms with Crippen molar-refractivity contribution in [2.24, 2.45) is 0 Å². The number of benzene rings is 1. The van der Waals surface area contributed by atoms with E-state index in [1.807, 2.05) is 20.8 Å². The van der Waals surface area contributed by atoms with Gasteiger partial charge in [0.1, 0.15) is 5.76 Å². The first-order valence-electron chi connectivity index (χ1n) is 6.85. The predicted octanol–water partition coefficient (Wildman–Crippen LogP) is 2.85. The number of nitrogens with one attached hydrogen (secondary N) is 1. The van der Waals surface area contributed by atoms with Crippen LogP contribution in [0.1, 0.15) is 42.6 Å². The van der Waals surface area contributed by atoms with Gasteiger partial charge in [0.25, 0.3) is 5.91 Å². The van der Waals surface area contributed by atoms with E-state index >= 15 is 0 Å². The van der Waals surface area contributed by atoms with E-state index in [4.69, 9.17) is 9.63 Å². The van der Waals surface area contributed by atoms with Crippen molar-refractivity contribution in [2.75, 3.05) is 5.32 Å². The second-order valence-electron chi connectivity index (χ2n) is 6.01. The number of para-hydroxylation sites is 1. The minimum absolute atomic E-state index is 0.162. The van der Waals surface area contributed by atoms with E-state index in [1.165, 1.54) is 0 Å². The van der Waals surface area contributed by atoms with Gasteiger partial charge in [0.15, 0.2) is 5.69 Å². The zero-order valence-corrected chi connectivity index (χ0v) is 12.7. The molecule has 0 saturated carbocycles. The fourth-order valence-corrected chi connectivity index (χ4v) is 1.88. The van der Waals surface area contributed by atoms with Gasteiger partial charge in [-0.25, -0.2) is 0 Å². The summed E-state index contributed by atoms with van der Waals surface area (Å²) >= 11 is 0. The molecule has 0 atom stereocenters. The molecule has 1 amide bonds. The van der Waals surface area contributed by atoms with Gasteiger partial charge in [0.2, 0.25) is 0 Å². The second kappa shape index (κ2) is 6.01. The van der Waals surface area contributed by atoms with Crippen LogP contribution in [0.25, 0.3) is 0 Å². The van der Waals surface area contributed by atoms with Crippen LogP contribution in [-0.2, 0) is 16.6 Å². The summed E-state index contributed by atoms with van der Waals surface area (Å²) < 4.78 is 5.18. The SMILES string of the molecule is CC(C)(C)c1cc(C(=O)Nc2ccccc2CC(=O)O)no1. The molecule has 0 aliphatic carbocycles. The van der Waals surface area contributed by atoms with Crippen LogP contribution in [0.3, 0.4) is 0 Å². The number of amides is 1. The lowest BCUT2D eigenvalue weighted by Gasteiger charge is -2.12. The topological polar surface area (TPSA) is 92.4 Å². The fourth-order valence-electron chi connectivity index (χ4n) is 1.88. The molecule has 0 aliphatic heterocycles. The third-order valence-electron chi connectivity index (χ3n) is 3.09. The Kier molecular flexibility index (Phi) is 4.30. The number of aromatic nitrogens is 1. The summed E-state index contributed by atoms with van der Waals surface area (Å²) in [6.45, 7) is 5.87. The molecule has 2 aromatic rings. The largest absolute Gasteiger partial charge is 0.481 e. The first-order valence-corrected chi connectivity index (χ1v) is 6.85. The fraction of sp³-hybridized carbons (Fsp3) is 0.312. The van der Waals surface area contributed by atoms with Gasteiger partial charge < -0.3 is 14.9 Å². The van der Waals surface area contributed by atoms with Crippen molar-refractivity contribution in [1.82, 2.24) is 5.16 Å². The van der Waals surface area contributed by atoms with Crippen molar-refractivity contribution < 1.29 is 19.2 Å². The summed E-state index contributed by atoms with van der Waals surface area (Å²) in [7, 11) is 0. The number of aliphatic carboxylic acids is 1. The highest BCUT2D eigenvalue weighted by Gasteiger charge is 2.22. The zero-order valence-electron chi connectivity index (χ0n) is 12.7. The van der Waals surface area contributed by atoms with E-state index in [0.717, 1.165) is 0 Å². The second-order valence-corrected chi connectivity index (χ2v) is 6.01. The first-order chi connectivity index (χ1) is 10.3. The molecule has 0 aliphatic rings. The van der Waals surface area contributed by atoms with Crippen LogP contribution < -0.4 is 5.32 Å². The molecule has 0 unspecified atom stereocenters. The average molecular weight is 302 g/mol. The average Bonchev–Trinajstić information content (AvgIpc) is 2.90. The maximum absolute atomic E-state index is 12.2. The molecular formula is C16H18N2O4. The summed E-state index contributed by atoms with van der Waals surface area (Å²) in [6, 6.07) is 8.36. The molecule has 6 heteroatoms. The molecule has 1 aromatic carbocycles. The minimum atomic E-state index is -0.960. The van der Waals surface area contributed by atoms with Crippen LogP contribution in [0.4, 0.5) is 5.69 Å². The standard InChI is InChI=1S/C16H18N2O4/c1-16(2,3)13-9-12(18-22-13)15(21)17-11-7-5-4-6-10(11)8-14(19)20/h4-7,9H,8H2,1-3H3,(H,17,21)(H,19,20). The maximum atomic E-state index is 12.2. The van der Waals surface area contributed by atoms with E-state index in [2.05, 4.69) is 10.5 Å². The van der Waals surface area contributed by atoms with Gasteiger partial charge in [-0.15, -0.1) is 0 Å². The molecule has 2 N–H and O–H groups in total. The molecule has 2 rings (SSSR count). The summed E-state index contributed by atoms with van der Waals surface area (Å²) in [6.07, 6.45) is -0.164. The molecule has 0 fully saturated rings. The van der Waals surface area contributed by atoms with E-state index in [9.17, 15) is 9.59 Å². The minimum Gasteiger partial charge on any atom is -0.481 e. The molecule has 0 radical (unpaired) electrons. The van der Waals surface area contributed by atoms with Crippen molar-refractivity contribution in [2.45, 2.75) is 32.6 Å². The van der Waals surface area contributed by atoms with E-state index in [-0.39, 0.29) is 17.5 Å². The lowest BCUT2D eigenvalue weighted by atomic mass is 9.93. The highest BCUT2D eigenvalue weighted by atomic mass is 16.5. The van der Waals surface area contributed by atoms with Gasteiger partial charge in [-0.1, -0.05) is 44.1 Å². The monoisotopic (exact) mass is 302 g/mol. The normalized spacial score (nSPS) is 11.2. The Hall–Kier alpha value is -2.63. The summed E-state index contributed by atoms with van der Waals surface area (Å²) in [4.78, 5) is 23.1. The summed E-state index contributed by atoms with van der Waals surface area (Å²) in [5, 5.41) is 15.3. The molecule has 0 bridgehead atoms. The molecular weight excluding hydrogens is 284 g/mol. The van der Waals surface area contributed by atoms with Crippen molar-refractivity contribution in [3.05, 3.63) is 47.3 Å². The Morgan fingerprint density at radius 2 is 1.95 bits per heavy atom. The number of anilines is 1. The van der Waals surface area contributed by atoms with Crippen LogP contribution in [0, 0.1) is 0 Å². The third kappa shape index (κ3) is 3.72. The number of carboxylic acid groups (broad SMARTS) is 1. The molecule has 1 aromatic heterocycles. The van der Waals surface area contributed by atoms with E-state index in [1.54, 1.807) is 30.3 Å². The maximum Gasteiger partial charge on any atom is 0.307 e. The van der Waals surface area contributed by atoms with Gasteiger partial charge in [0.05, 0.1) is 6.42 Å². The van der Waals surface area contributed by atoms with Crippen LogP contribution in [0.15, 0.2) is 34.9 Å². The zero-order chi connectivity index (χ0) is 16.3. The van der Waals surface area contributed by atoms with Gasteiger partial charge in [0, 0.05) is 17.2 Å². The van der Waals surface area contributed by atoms with Crippen LogP contribution in [0.5, 0.6) is 0 Å². The van der Waals surface area contributed by atoms with Crippen molar-refractivity contribution in [3.8, 4) is 0 Å². The Balaban J connectivity index is 2.19. The quantitative estimate of drug-likeness (QED) is 0.906. The predicted molar refractivity (Wildman–Crippen MR) is 80.9 cm³/mol. The number of carbonyl (C=O) groups excluding carboxylic acids is 1. The van der Waals surface area contributed by atoms with Crippen LogP contribution in [-0.4, -0.2) is 22.1 Å². The summed E-state index contributed by atoms with van der Waals surface area (Å²) in [5.41, 5.74) is 0.903. The van der Waals surface area contributed by atoms with Gasteiger partial charge in [-0.2, -0.15) is 0 Å². The highest BCUT2D eigenvalue weighted by Crippen LogP contribution is 2.23. The van der Waals surface area contributed by atoms with Crippen LogP contribution in [0.2, 0.25) is 0 Å². The van der Waals surface area contributed by atoms with Gasteiger partial charge in [-0.05, 0) is 11.6 Å². The number of carbonyl (C=O) groups is 2. The lowest BCUT2D eigenvalue weighted by Crippen LogP contribution is -2.15. The Bertz CT molecular complexity index is 698. The number of rotatable bonds is 4. The Morgan fingerprint density at radius 1 is 1.27 bits per heavy atom. The molecule has 0 saturated heterocycles. The number of hydrogen-bond acceptors (Lipinski definition) is 4. The van der Waals surface area contributed by atoms with Crippen molar-refractivity contribution >= 4 is 17.6 Å². The molecule has 1 heterocycles. The number of nitrogens with zero attached hydrogens (tertiary/aromatic N) is 1. The molecule has 0 spiro atoms. The first kappa shape index (κ1) is 15.8. The highest BCUT2D eigenvalue weighted by molar-refractivity contribution is 6.03. The van der Waals surface area contributed by atoms with E-state index in [0.29, 0.717) is 17.0 Å². The lowest BCUT2D eigenvalue weighted by molar-refractivity contribution is -0.136. The molecule has 116 valence electrons. The number of hydrogen-bond donors (Lipinski definition) is 2. The van der Waals surface area contributed by atoms with Crippen LogP contribution >= 0.6 is 0 Å². The van der Waals surface area contributed by atoms with Gasteiger partial charge >= 0.3 is 5.97 Å². The summed E-state index contributed by atoms with van der Waals surface area (Å²) in [5.74, 6) is -0.785. The van der Waals surface area contributed by atoms with Crippen molar-refractivity contribution in [1.29, 1.82) is 0 Å².